The Morgan fingerprint density at radius 3 is 1.24 bits per heavy atom. The standard InChI is InChI=1S/C26H28N2O2Si.C18H15B/c1-3-29-22-10-14-25(15-11-22)31(21-28-19-18-27-20-28,24-8-6-5-7-9-24)26-16-12-23(13-17-26)30-4-2;1-4-10-16(11-5-1)19(17-12-6-2-7-13-17)18-14-8-3-9-15-18/h5-20H,3-4,21H2,1-2H3;1-15H. The number of imidazole rings is 1. The Kier molecular flexibility index (Phi) is 11.8. The van der Waals surface area contributed by atoms with E-state index < -0.39 is 8.07 Å². The molecule has 1 aromatic heterocycles. The van der Waals surface area contributed by atoms with E-state index in [0.717, 1.165) is 17.7 Å². The second kappa shape index (κ2) is 17.2. The summed E-state index contributed by atoms with van der Waals surface area (Å²) in [6, 6.07) is 60.2. The fourth-order valence-electron chi connectivity index (χ4n) is 6.67. The van der Waals surface area contributed by atoms with Crippen LogP contribution in [0.25, 0.3) is 0 Å². The van der Waals surface area contributed by atoms with Crippen molar-refractivity contribution in [1.82, 2.24) is 9.55 Å². The second-order valence-electron chi connectivity index (χ2n) is 12.1. The van der Waals surface area contributed by atoms with Crippen LogP contribution < -0.4 is 41.4 Å². The second-order valence-corrected chi connectivity index (χ2v) is 15.9. The van der Waals surface area contributed by atoms with Crippen molar-refractivity contribution < 1.29 is 9.47 Å². The van der Waals surface area contributed by atoms with E-state index in [2.05, 4.69) is 179 Å². The lowest BCUT2D eigenvalue weighted by Crippen LogP contribution is -2.69. The lowest BCUT2D eigenvalue weighted by Gasteiger charge is -2.34. The van der Waals surface area contributed by atoms with Crippen LogP contribution in [0.4, 0.5) is 0 Å². The summed E-state index contributed by atoms with van der Waals surface area (Å²) in [6.45, 7) is 5.65. The average Bonchev–Trinajstić information content (AvgIpc) is 3.70. The Morgan fingerprint density at radius 1 is 0.500 bits per heavy atom. The fourth-order valence-corrected chi connectivity index (χ4v) is 11.2. The minimum absolute atomic E-state index is 0.309. The molecule has 6 heteroatoms. The van der Waals surface area contributed by atoms with Gasteiger partial charge in [0.1, 0.15) is 11.5 Å². The molecule has 0 aliphatic carbocycles. The average molecular weight is 671 g/mol. The molecule has 0 atom stereocenters. The first-order valence-electron chi connectivity index (χ1n) is 17.3. The molecule has 0 saturated carbocycles. The molecule has 0 fully saturated rings. The summed E-state index contributed by atoms with van der Waals surface area (Å²) >= 11 is 0. The van der Waals surface area contributed by atoms with Gasteiger partial charge in [-0.2, -0.15) is 0 Å². The van der Waals surface area contributed by atoms with Gasteiger partial charge in [-0.05, 0) is 53.7 Å². The van der Waals surface area contributed by atoms with E-state index in [0.29, 0.717) is 19.9 Å². The summed E-state index contributed by atoms with van der Waals surface area (Å²) in [4.78, 5) is 4.31. The van der Waals surface area contributed by atoms with Gasteiger partial charge < -0.3 is 14.0 Å². The molecule has 0 radical (unpaired) electrons. The molecule has 0 N–H and O–H groups in total. The maximum atomic E-state index is 5.72. The first-order chi connectivity index (χ1) is 24.7. The SMILES string of the molecule is CCOc1ccc([Si](Cn2ccnc2)(c2ccccc2)c2ccc(OCC)cc2)cc1.c1ccc(B(c2ccccc2)c2ccccc2)cc1. The molecule has 7 aromatic rings. The summed E-state index contributed by atoms with van der Waals surface area (Å²) in [5.74, 6) is 1.80. The van der Waals surface area contributed by atoms with Crippen LogP contribution >= 0.6 is 0 Å². The van der Waals surface area contributed by atoms with Crippen LogP contribution in [-0.4, -0.2) is 37.6 Å². The summed E-state index contributed by atoms with van der Waals surface area (Å²) in [5.41, 5.74) is 4.00. The fraction of sp³-hybridized carbons (Fsp3) is 0.114. The minimum atomic E-state index is -2.41. The topological polar surface area (TPSA) is 36.3 Å². The van der Waals surface area contributed by atoms with Crippen LogP contribution in [0, 0.1) is 0 Å². The van der Waals surface area contributed by atoms with E-state index in [1.165, 1.54) is 31.9 Å². The third-order valence-corrected chi connectivity index (χ3v) is 13.8. The van der Waals surface area contributed by atoms with Crippen molar-refractivity contribution in [2.24, 2.45) is 0 Å². The molecule has 0 aliphatic rings. The Hall–Kier alpha value is -5.59. The Labute approximate surface area is 298 Å². The number of ether oxygens (including phenoxy) is 2. The lowest BCUT2D eigenvalue weighted by molar-refractivity contribution is 0.340. The number of benzene rings is 6. The highest BCUT2D eigenvalue weighted by Crippen LogP contribution is 2.17. The summed E-state index contributed by atoms with van der Waals surface area (Å²) in [6.07, 6.45) is 6.67. The van der Waals surface area contributed by atoms with E-state index in [9.17, 15) is 0 Å². The smallest absolute Gasteiger partial charge is 0.241 e. The quantitative estimate of drug-likeness (QED) is 0.126. The number of aromatic nitrogens is 2. The van der Waals surface area contributed by atoms with Crippen LogP contribution in [0.3, 0.4) is 0 Å². The molecule has 7 rings (SSSR count). The summed E-state index contributed by atoms with van der Waals surface area (Å²) < 4.78 is 13.6. The van der Waals surface area contributed by atoms with Gasteiger partial charge in [-0.1, -0.05) is 162 Å². The molecule has 1 heterocycles. The van der Waals surface area contributed by atoms with E-state index >= 15 is 0 Å². The lowest BCUT2D eigenvalue weighted by atomic mass is 9.37. The molecule has 50 heavy (non-hydrogen) atoms. The zero-order valence-corrected chi connectivity index (χ0v) is 29.8. The molecule has 0 bridgehead atoms. The minimum Gasteiger partial charge on any atom is -0.494 e. The number of nitrogens with zero attached hydrogens (tertiary/aromatic N) is 2. The normalized spacial score (nSPS) is 10.8. The monoisotopic (exact) mass is 670 g/mol. The van der Waals surface area contributed by atoms with Gasteiger partial charge in [-0.15, -0.1) is 0 Å². The van der Waals surface area contributed by atoms with Crippen molar-refractivity contribution in [3.8, 4) is 11.5 Å². The predicted octanol–water partition coefficient (Wildman–Crippen LogP) is 5.59. The van der Waals surface area contributed by atoms with Crippen LogP contribution in [0.5, 0.6) is 11.5 Å². The third-order valence-electron chi connectivity index (χ3n) is 8.96. The highest BCUT2D eigenvalue weighted by molar-refractivity contribution is 7.10. The largest absolute Gasteiger partial charge is 0.494 e. The molecule has 6 aromatic carbocycles. The van der Waals surface area contributed by atoms with Crippen LogP contribution in [-0.2, 0) is 6.17 Å². The van der Waals surface area contributed by atoms with Crippen LogP contribution in [0.2, 0.25) is 0 Å². The first-order valence-corrected chi connectivity index (χ1v) is 19.5. The van der Waals surface area contributed by atoms with Crippen molar-refractivity contribution >= 4 is 46.7 Å². The van der Waals surface area contributed by atoms with Crippen molar-refractivity contribution in [3.05, 3.63) is 189 Å². The maximum absolute atomic E-state index is 5.72. The molecule has 4 nitrogen and oxygen atoms in total. The van der Waals surface area contributed by atoms with Gasteiger partial charge in [0.25, 0.3) is 0 Å². The number of hydrogen-bond donors (Lipinski definition) is 0. The summed E-state index contributed by atoms with van der Waals surface area (Å²) in [7, 11) is -2.41. The molecule has 0 amide bonds. The molecule has 248 valence electrons. The molecule has 0 saturated heterocycles. The zero-order valence-electron chi connectivity index (χ0n) is 28.8. The van der Waals surface area contributed by atoms with Gasteiger partial charge in [0.15, 0.2) is 8.07 Å². The highest BCUT2D eigenvalue weighted by Gasteiger charge is 2.40. The van der Waals surface area contributed by atoms with Gasteiger partial charge in [-0.3, -0.25) is 0 Å². The van der Waals surface area contributed by atoms with Crippen LogP contribution in [0.1, 0.15) is 13.8 Å². The van der Waals surface area contributed by atoms with E-state index in [4.69, 9.17) is 9.47 Å². The van der Waals surface area contributed by atoms with Gasteiger partial charge >= 0.3 is 0 Å². The third kappa shape index (κ3) is 8.16. The highest BCUT2D eigenvalue weighted by atomic mass is 28.3. The predicted molar refractivity (Wildman–Crippen MR) is 213 cm³/mol. The Morgan fingerprint density at radius 2 is 0.880 bits per heavy atom. The molecular formula is C44H43BN2O2Si. The van der Waals surface area contributed by atoms with E-state index in [1.54, 1.807) is 0 Å². The van der Waals surface area contributed by atoms with E-state index in [-0.39, 0.29) is 0 Å². The molecule has 0 aliphatic heterocycles. The number of hydrogen-bond acceptors (Lipinski definition) is 3. The van der Waals surface area contributed by atoms with Gasteiger partial charge in [0, 0.05) is 18.6 Å². The van der Waals surface area contributed by atoms with E-state index in [1.807, 2.05) is 32.6 Å². The van der Waals surface area contributed by atoms with Crippen molar-refractivity contribution in [2.75, 3.05) is 13.2 Å². The molecular weight excluding hydrogens is 627 g/mol. The number of rotatable bonds is 12. The van der Waals surface area contributed by atoms with Crippen molar-refractivity contribution in [2.45, 2.75) is 20.0 Å². The first kappa shape index (κ1) is 34.3. The summed E-state index contributed by atoms with van der Waals surface area (Å²) in [5, 5.41) is 4.03. The Bertz CT molecular complexity index is 1830. The van der Waals surface area contributed by atoms with Gasteiger partial charge in [0.05, 0.1) is 19.5 Å². The zero-order chi connectivity index (χ0) is 34.4. The molecule has 0 unspecified atom stereocenters. The maximum Gasteiger partial charge on any atom is 0.241 e. The van der Waals surface area contributed by atoms with Gasteiger partial charge in [-0.25, -0.2) is 4.98 Å². The van der Waals surface area contributed by atoms with Crippen LogP contribution in [0.15, 0.2) is 189 Å². The Balaban J connectivity index is 0.000000194. The molecule has 0 spiro atoms. The van der Waals surface area contributed by atoms with Crippen molar-refractivity contribution in [1.29, 1.82) is 0 Å². The van der Waals surface area contributed by atoms with Crippen molar-refractivity contribution in [3.63, 3.8) is 0 Å². The van der Waals surface area contributed by atoms with Gasteiger partial charge in [0.2, 0.25) is 6.71 Å².